The van der Waals surface area contributed by atoms with E-state index in [0.717, 1.165) is 22.6 Å². The van der Waals surface area contributed by atoms with E-state index in [9.17, 15) is 4.79 Å². The number of nitrogens with zero attached hydrogens (tertiary/aromatic N) is 3. The summed E-state index contributed by atoms with van der Waals surface area (Å²) in [4.78, 5) is 21.7. The molecule has 4 aromatic rings. The number of benzene rings is 2. The van der Waals surface area contributed by atoms with Crippen molar-refractivity contribution in [3.63, 3.8) is 0 Å². The Bertz CT molecular complexity index is 1110. The molecule has 0 radical (unpaired) electrons. The highest BCUT2D eigenvalue weighted by Gasteiger charge is 2.13. The number of carbonyl (C=O) groups is 1. The molecular formula is C23H22N4O. The number of hydrogen-bond donors (Lipinski definition) is 1. The number of pyridine rings is 1. The first-order valence-corrected chi connectivity index (χ1v) is 9.31. The van der Waals surface area contributed by atoms with E-state index in [0.29, 0.717) is 18.7 Å². The molecule has 5 heteroatoms. The molecule has 0 aliphatic carbocycles. The first kappa shape index (κ1) is 17.9. The number of hydrogen-bond acceptors (Lipinski definition) is 3. The molecule has 0 saturated heterocycles. The standard InChI is InChI=1S/C23H22N4O/c1-16-5-9-18(10-6-16)15-27-21(26-20-4-3-13-24-22(20)27)14-25-23(28)19-11-7-17(2)8-12-19/h3-13H,14-15H2,1-2H3,(H,25,28). The second kappa shape index (κ2) is 7.64. The lowest BCUT2D eigenvalue weighted by Crippen LogP contribution is -2.25. The molecule has 0 aliphatic rings. The maximum atomic E-state index is 12.5. The minimum absolute atomic E-state index is 0.109. The zero-order valence-corrected chi connectivity index (χ0v) is 16.0. The summed E-state index contributed by atoms with van der Waals surface area (Å²) in [6, 6.07) is 19.8. The Balaban J connectivity index is 1.60. The predicted octanol–water partition coefficient (Wildman–Crippen LogP) is 4.03. The molecule has 0 unspecified atom stereocenters. The van der Waals surface area contributed by atoms with Crippen molar-refractivity contribution in [1.82, 2.24) is 19.9 Å². The summed E-state index contributed by atoms with van der Waals surface area (Å²) in [6.45, 7) is 5.07. The molecule has 2 aromatic carbocycles. The van der Waals surface area contributed by atoms with E-state index in [-0.39, 0.29) is 5.91 Å². The van der Waals surface area contributed by atoms with Crippen LogP contribution < -0.4 is 5.32 Å². The molecule has 2 heterocycles. The Hall–Kier alpha value is -3.47. The summed E-state index contributed by atoms with van der Waals surface area (Å²) in [6.07, 6.45) is 1.77. The molecule has 0 fully saturated rings. The van der Waals surface area contributed by atoms with Crippen LogP contribution in [0.25, 0.3) is 11.2 Å². The summed E-state index contributed by atoms with van der Waals surface area (Å²) < 4.78 is 2.06. The van der Waals surface area contributed by atoms with Gasteiger partial charge in [-0.2, -0.15) is 0 Å². The number of nitrogens with one attached hydrogen (secondary N) is 1. The number of rotatable bonds is 5. The van der Waals surface area contributed by atoms with Gasteiger partial charge in [0.15, 0.2) is 5.65 Å². The average molecular weight is 370 g/mol. The Labute approximate surface area is 164 Å². The minimum Gasteiger partial charge on any atom is -0.345 e. The fourth-order valence-electron chi connectivity index (χ4n) is 3.15. The smallest absolute Gasteiger partial charge is 0.251 e. The molecule has 1 N–H and O–H groups in total. The Morgan fingerprint density at radius 1 is 0.964 bits per heavy atom. The normalized spacial score (nSPS) is 10.9. The highest BCUT2D eigenvalue weighted by Crippen LogP contribution is 2.16. The highest BCUT2D eigenvalue weighted by atomic mass is 16.1. The van der Waals surface area contributed by atoms with Gasteiger partial charge in [-0.25, -0.2) is 9.97 Å². The lowest BCUT2D eigenvalue weighted by molar-refractivity contribution is 0.0949. The number of fused-ring (bicyclic) bond motifs is 1. The van der Waals surface area contributed by atoms with Crippen molar-refractivity contribution in [3.8, 4) is 0 Å². The van der Waals surface area contributed by atoms with Crippen LogP contribution in [-0.2, 0) is 13.1 Å². The van der Waals surface area contributed by atoms with Gasteiger partial charge in [0.05, 0.1) is 13.1 Å². The van der Waals surface area contributed by atoms with E-state index >= 15 is 0 Å². The van der Waals surface area contributed by atoms with Crippen LogP contribution in [0.3, 0.4) is 0 Å². The SMILES string of the molecule is Cc1ccc(Cn2c(CNC(=O)c3ccc(C)cc3)nc3cccnc32)cc1. The topological polar surface area (TPSA) is 59.8 Å². The quantitative estimate of drug-likeness (QED) is 0.577. The van der Waals surface area contributed by atoms with Gasteiger partial charge < -0.3 is 9.88 Å². The van der Waals surface area contributed by atoms with Crippen molar-refractivity contribution in [3.05, 3.63) is 94.9 Å². The van der Waals surface area contributed by atoms with Gasteiger partial charge in [-0.05, 0) is 43.7 Å². The molecule has 4 rings (SSSR count). The Morgan fingerprint density at radius 2 is 1.64 bits per heavy atom. The van der Waals surface area contributed by atoms with E-state index in [4.69, 9.17) is 4.98 Å². The minimum atomic E-state index is -0.109. The Morgan fingerprint density at radius 3 is 2.36 bits per heavy atom. The second-order valence-electron chi connectivity index (χ2n) is 6.99. The van der Waals surface area contributed by atoms with Gasteiger partial charge in [0.1, 0.15) is 11.3 Å². The summed E-state index contributed by atoms with van der Waals surface area (Å²) in [7, 11) is 0. The molecule has 0 spiro atoms. The summed E-state index contributed by atoms with van der Waals surface area (Å²) in [5, 5.41) is 2.98. The average Bonchev–Trinajstić information content (AvgIpc) is 3.06. The number of amides is 1. The van der Waals surface area contributed by atoms with E-state index in [1.807, 2.05) is 43.3 Å². The van der Waals surface area contributed by atoms with Gasteiger partial charge >= 0.3 is 0 Å². The molecule has 0 saturated carbocycles. The molecule has 1 amide bonds. The maximum Gasteiger partial charge on any atom is 0.251 e. The van der Waals surface area contributed by atoms with Crippen molar-refractivity contribution in [2.24, 2.45) is 0 Å². The van der Waals surface area contributed by atoms with Gasteiger partial charge in [-0.15, -0.1) is 0 Å². The van der Waals surface area contributed by atoms with E-state index in [1.54, 1.807) is 6.20 Å². The van der Waals surface area contributed by atoms with Gasteiger partial charge in [-0.1, -0.05) is 47.5 Å². The monoisotopic (exact) mass is 370 g/mol. The maximum absolute atomic E-state index is 12.5. The zero-order chi connectivity index (χ0) is 19.5. The van der Waals surface area contributed by atoms with Crippen LogP contribution in [-0.4, -0.2) is 20.4 Å². The molecular weight excluding hydrogens is 348 g/mol. The fourth-order valence-corrected chi connectivity index (χ4v) is 3.15. The second-order valence-corrected chi connectivity index (χ2v) is 6.99. The molecule has 0 atom stereocenters. The lowest BCUT2D eigenvalue weighted by atomic mass is 10.1. The van der Waals surface area contributed by atoms with Crippen molar-refractivity contribution >= 4 is 17.1 Å². The van der Waals surface area contributed by atoms with Crippen molar-refractivity contribution in [1.29, 1.82) is 0 Å². The number of aryl methyl sites for hydroxylation is 2. The molecule has 0 aliphatic heterocycles. The summed E-state index contributed by atoms with van der Waals surface area (Å²) in [5.74, 6) is 0.677. The van der Waals surface area contributed by atoms with Crippen molar-refractivity contribution in [2.75, 3.05) is 0 Å². The van der Waals surface area contributed by atoms with Crippen LogP contribution >= 0.6 is 0 Å². The van der Waals surface area contributed by atoms with Crippen LogP contribution in [0.2, 0.25) is 0 Å². The van der Waals surface area contributed by atoms with Crippen LogP contribution in [0.15, 0.2) is 66.9 Å². The van der Waals surface area contributed by atoms with E-state index in [1.165, 1.54) is 11.1 Å². The van der Waals surface area contributed by atoms with Gasteiger partial charge in [0.2, 0.25) is 0 Å². The third-order valence-electron chi connectivity index (χ3n) is 4.76. The predicted molar refractivity (Wildman–Crippen MR) is 110 cm³/mol. The fraction of sp³-hybridized carbons (Fsp3) is 0.174. The zero-order valence-electron chi connectivity index (χ0n) is 16.0. The Kier molecular flexibility index (Phi) is 4.89. The van der Waals surface area contributed by atoms with E-state index in [2.05, 4.69) is 46.1 Å². The summed E-state index contributed by atoms with van der Waals surface area (Å²) in [5.41, 5.74) is 5.81. The molecule has 0 bridgehead atoms. The van der Waals surface area contributed by atoms with Gasteiger partial charge in [-0.3, -0.25) is 4.79 Å². The van der Waals surface area contributed by atoms with Crippen LogP contribution in [0.5, 0.6) is 0 Å². The van der Waals surface area contributed by atoms with Gasteiger partial charge in [0.25, 0.3) is 5.91 Å². The molecule has 140 valence electrons. The molecule has 5 nitrogen and oxygen atoms in total. The van der Waals surface area contributed by atoms with Crippen molar-refractivity contribution in [2.45, 2.75) is 26.9 Å². The van der Waals surface area contributed by atoms with Crippen LogP contribution in [0.1, 0.15) is 32.9 Å². The largest absolute Gasteiger partial charge is 0.345 e. The third kappa shape index (κ3) is 3.78. The van der Waals surface area contributed by atoms with Crippen molar-refractivity contribution < 1.29 is 4.79 Å². The first-order chi connectivity index (χ1) is 13.6. The number of carbonyl (C=O) groups excluding carboxylic acids is 1. The molecule has 28 heavy (non-hydrogen) atoms. The highest BCUT2D eigenvalue weighted by molar-refractivity contribution is 5.94. The van der Waals surface area contributed by atoms with E-state index < -0.39 is 0 Å². The number of imidazole rings is 1. The number of aromatic nitrogens is 3. The molecule has 2 aromatic heterocycles. The van der Waals surface area contributed by atoms with Crippen LogP contribution in [0, 0.1) is 13.8 Å². The third-order valence-corrected chi connectivity index (χ3v) is 4.76. The first-order valence-electron chi connectivity index (χ1n) is 9.31. The van der Waals surface area contributed by atoms with Gasteiger partial charge in [0, 0.05) is 11.8 Å². The lowest BCUT2D eigenvalue weighted by Gasteiger charge is -2.10. The summed E-state index contributed by atoms with van der Waals surface area (Å²) >= 11 is 0. The van der Waals surface area contributed by atoms with Crippen LogP contribution in [0.4, 0.5) is 0 Å².